The van der Waals surface area contributed by atoms with Gasteiger partial charge in [0.15, 0.2) is 0 Å². The van der Waals surface area contributed by atoms with Gasteiger partial charge in [-0.1, -0.05) is 37.3 Å². The second-order valence-electron chi connectivity index (χ2n) is 8.46. The number of nitrogens with one attached hydrogen (secondary N) is 1. The molecule has 0 heterocycles. The molecule has 2 rings (SSSR count). The van der Waals surface area contributed by atoms with Crippen molar-refractivity contribution in [3.63, 3.8) is 0 Å². The molecule has 0 fully saturated rings. The van der Waals surface area contributed by atoms with Crippen LogP contribution in [0, 0.1) is 0 Å². The summed E-state index contributed by atoms with van der Waals surface area (Å²) >= 11 is 0. The van der Waals surface area contributed by atoms with Crippen molar-refractivity contribution in [2.24, 2.45) is 0 Å². The number of nitrogens with zero attached hydrogens (tertiary/aromatic N) is 2. The lowest BCUT2D eigenvalue weighted by Gasteiger charge is -2.32. The summed E-state index contributed by atoms with van der Waals surface area (Å²) in [6.45, 7) is 6.98. The predicted molar refractivity (Wildman–Crippen MR) is 134 cm³/mol. The molecule has 186 valence electrons. The van der Waals surface area contributed by atoms with Gasteiger partial charge in [0.25, 0.3) is 0 Å². The van der Waals surface area contributed by atoms with E-state index in [1.165, 1.54) is 4.90 Å². The van der Waals surface area contributed by atoms with Crippen LogP contribution >= 0.6 is 0 Å². The quantitative estimate of drug-likeness (QED) is 0.524. The summed E-state index contributed by atoms with van der Waals surface area (Å²) < 4.78 is 31.7. The van der Waals surface area contributed by atoms with Crippen LogP contribution in [0.5, 0.6) is 5.75 Å². The van der Waals surface area contributed by atoms with Crippen LogP contribution in [-0.4, -0.2) is 57.1 Å². The van der Waals surface area contributed by atoms with Crippen LogP contribution in [0.1, 0.15) is 38.8 Å². The highest BCUT2D eigenvalue weighted by Crippen LogP contribution is 2.24. The second-order valence-corrected chi connectivity index (χ2v) is 10.4. The lowest BCUT2D eigenvalue weighted by atomic mass is 10.1. The first-order chi connectivity index (χ1) is 16.0. The van der Waals surface area contributed by atoms with Gasteiger partial charge in [-0.3, -0.25) is 13.9 Å². The van der Waals surface area contributed by atoms with Crippen LogP contribution in [0.25, 0.3) is 0 Å². The number of amides is 2. The van der Waals surface area contributed by atoms with Crippen LogP contribution in [-0.2, 0) is 32.6 Å². The molecule has 0 spiro atoms. The lowest BCUT2D eigenvalue weighted by molar-refractivity contribution is -0.139. The molecular formula is C25H35N3O5S. The molecule has 0 saturated heterocycles. The van der Waals surface area contributed by atoms with Gasteiger partial charge < -0.3 is 15.0 Å². The first-order valence-electron chi connectivity index (χ1n) is 11.3. The van der Waals surface area contributed by atoms with Gasteiger partial charge >= 0.3 is 0 Å². The number of aryl methyl sites for hydroxylation is 1. The van der Waals surface area contributed by atoms with Gasteiger partial charge in [0.05, 0.1) is 19.1 Å². The van der Waals surface area contributed by atoms with E-state index in [-0.39, 0.29) is 18.5 Å². The van der Waals surface area contributed by atoms with Gasteiger partial charge in [-0.25, -0.2) is 8.42 Å². The molecule has 1 unspecified atom stereocenters. The largest absolute Gasteiger partial charge is 0.497 e. The van der Waals surface area contributed by atoms with E-state index in [1.807, 2.05) is 45.0 Å². The Balaban J connectivity index is 2.41. The molecule has 2 aromatic rings. The van der Waals surface area contributed by atoms with E-state index in [9.17, 15) is 18.0 Å². The normalized spacial score (nSPS) is 12.2. The maximum Gasteiger partial charge on any atom is 0.244 e. The molecule has 0 aliphatic carbocycles. The molecule has 2 aromatic carbocycles. The van der Waals surface area contributed by atoms with Crippen LogP contribution in [0.3, 0.4) is 0 Å². The summed E-state index contributed by atoms with van der Waals surface area (Å²) in [7, 11) is -2.19. The summed E-state index contributed by atoms with van der Waals surface area (Å²) in [5.74, 6) is -0.109. The summed E-state index contributed by atoms with van der Waals surface area (Å²) in [5, 5.41) is 2.83. The molecule has 0 aliphatic heterocycles. The van der Waals surface area contributed by atoms with Crippen molar-refractivity contribution in [1.29, 1.82) is 0 Å². The summed E-state index contributed by atoms with van der Waals surface area (Å²) in [5.41, 5.74) is 2.07. The highest BCUT2D eigenvalue weighted by atomic mass is 32.2. The summed E-state index contributed by atoms with van der Waals surface area (Å²) in [4.78, 5) is 27.7. The standard InChI is InChI=1S/C25H35N3O5S/c1-7-21-10-8-9-11-23(21)28(34(6,31)32)17-24(29)27(19(4)25(30)26-18(2)3)16-20-12-14-22(33-5)15-13-20/h8-15,18-19H,7,16-17H2,1-6H3,(H,26,30). The number of rotatable bonds is 11. The Hall–Kier alpha value is -3.07. The van der Waals surface area contributed by atoms with E-state index in [0.29, 0.717) is 17.9 Å². The molecule has 9 heteroatoms. The number of carbonyl (C=O) groups is 2. The van der Waals surface area contributed by atoms with Crippen molar-refractivity contribution in [3.8, 4) is 5.75 Å². The second kappa shape index (κ2) is 11.9. The fourth-order valence-electron chi connectivity index (χ4n) is 3.56. The monoisotopic (exact) mass is 489 g/mol. The van der Waals surface area contributed by atoms with Crippen molar-refractivity contribution in [3.05, 3.63) is 59.7 Å². The van der Waals surface area contributed by atoms with E-state index < -0.39 is 28.5 Å². The zero-order chi connectivity index (χ0) is 25.5. The number of ether oxygens (including phenoxy) is 1. The molecule has 0 aliphatic rings. The molecule has 0 saturated carbocycles. The Morgan fingerprint density at radius 2 is 1.65 bits per heavy atom. The van der Waals surface area contributed by atoms with Crippen molar-refractivity contribution in [2.75, 3.05) is 24.2 Å². The molecule has 1 atom stereocenters. The molecule has 1 N–H and O–H groups in total. The topological polar surface area (TPSA) is 96.0 Å². The van der Waals surface area contributed by atoms with Gasteiger partial charge in [0.1, 0.15) is 18.3 Å². The Kier molecular flexibility index (Phi) is 9.49. The number of carbonyl (C=O) groups excluding carboxylic acids is 2. The van der Waals surface area contributed by atoms with Gasteiger partial charge in [-0.05, 0) is 56.5 Å². The minimum Gasteiger partial charge on any atom is -0.497 e. The molecular weight excluding hydrogens is 454 g/mol. The van der Waals surface area contributed by atoms with E-state index in [1.54, 1.807) is 38.3 Å². The zero-order valence-corrected chi connectivity index (χ0v) is 21.6. The van der Waals surface area contributed by atoms with Crippen molar-refractivity contribution in [2.45, 2.75) is 52.7 Å². The zero-order valence-electron chi connectivity index (χ0n) is 20.7. The minimum absolute atomic E-state index is 0.100. The molecule has 0 aromatic heterocycles. The van der Waals surface area contributed by atoms with Crippen LogP contribution in [0.4, 0.5) is 5.69 Å². The van der Waals surface area contributed by atoms with E-state index in [2.05, 4.69) is 5.32 Å². The Morgan fingerprint density at radius 1 is 1.03 bits per heavy atom. The fraction of sp³-hybridized carbons (Fsp3) is 0.440. The minimum atomic E-state index is -3.76. The van der Waals surface area contributed by atoms with Crippen LogP contribution in [0.2, 0.25) is 0 Å². The van der Waals surface area contributed by atoms with Crippen molar-refractivity contribution < 1.29 is 22.7 Å². The number of hydrogen-bond donors (Lipinski definition) is 1. The summed E-state index contributed by atoms with van der Waals surface area (Å²) in [6, 6.07) is 13.4. The maximum atomic E-state index is 13.5. The molecule has 0 radical (unpaired) electrons. The summed E-state index contributed by atoms with van der Waals surface area (Å²) in [6.07, 6.45) is 1.69. The molecule has 8 nitrogen and oxygen atoms in total. The van der Waals surface area contributed by atoms with E-state index in [4.69, 9.17) is 4.74 Å². The number of sulfonamides is 1. The Labute approximate surface area is 202 Å². The van der Waals surface area contributed by atoms with Crippen molar-refractivity contribution in [1.82, 2.24) is 10.2 Å². The first kappa shape index (κ1) is 27.2. The first-order valence-corrected chi connectivity index (χ1v) is 13.1. The van der Waals surface area contributed by atoms with Gasteiger partial charge in [0.2, 0.25) is 21.8 Å². The number of para-hydroxylation sites is 1. The number of hydrogen-bond acceptors (Lipinski definition) is 5. The Morgan fingerprint density at radius 3 is 2.18 bits per heavy atom. The molecule has 0 bridgehead atoms. The van der Waals surface area contributed by atoms with E-state index >= 15 is 0 Å². The average Bonchev–Trinajstić information content (AvgIpc) is 2.79. The average molecular weight is 490 g/mol. The highest BCUT2D eigenvalue weighted by Gasteiger charge is 2.30. The van der Waals surface area contributed by atoms with Crippen LogP contribution in [0.15, 0.2) is 48.5 Å². The fourth-order valence-corrected chi connectivity index (χ4v) is 4.44. The SMILES string of the molecule is CCc1ccccc1N(CC(=O)N(Cc1ccc(OC)cc1)C(C)C(=O)NC(C)C)S(C)(=O)=O. The maximum absolute atomic E-state index is 13.5. The third-order valence-electron chi connectivity index (χ3n) is 5.43. The molecule has 2 amide bonds. The Bertz CT molecular complexity index is 1080. The molecule has 34 heavy (non-hydrogen) atoms. The third kappa shape index (κ3) is 7.21. The number of methoxy groups -OCH3 is 1. The smallest absolute Gasteiger partial charge is 0.244 e. The van der Waals surface area contributed by atoms with Gasteiger partial charge in [-0.2, -0.15) is 0 Å². The van der Waals surface area contributed by atoms with Crippen molar-refractivity contribution >= 4 is 27.5 Å². The van der Waals surface area contributed by atoms with Crippen LogP contribution < -0.4 is 14.4 Å². The number of anilines is 1. The number of benzene rings is 2. The highest BCUT2D eigenvalue weighted by molar-refractivity contribution is 7.92. The van der Waals surface area contributed by atoms with E-state index in [0.717, 1.165) is 21.7 Å². The third-order valence-corrected chi connectivity index (χ3v) is 6.56. The van der Waals surface area contributed by atoms with Gasteiger partial charge in [0, 0.05) is 12.6 Å². The predicted octanol–water partition coefficient (Wildman–Crippen LogP) is 2.97. The lowest BCUT2D eigenvalue weighted by Crippen LogP contribution is -2.52. The van der Waals surface area contributed by atoms with Gasteiger partial charge in [-0.15, -0.1) is 0 Å².